The van der Waals surface area contributed by atoms with Gasteiger partial charge in [0.1, 0.15) is 0 Å². The van der Waals surface area contributed by atoms with Gasteiger partial charge in [0.25, 0.3) is 5.91 Å². The van der Waals surface area contributed by atoms with Gasteiger partial charge in [-0.25, -0.2) is 0 Å². The van der Waals surface area contributed by atoms with Crippen LogP contribution in [0.4, 0.5) is 5.69 Å². The molecule has 146 valence electrons. The van der Waals surface area contributed by atoms with Gasteiger partial charge in [-0.3, -0.25) is 9.59 Å². The van der Waals surface area contributed by atoms with Crippen LogP contribution < -0.4 is 4.90 Å². The fraction of sp³-hybridized carbons (Fsp3) is 0.200. The summed E-state index contributed by atoms with van der Waals surface area (Å²) >= 11 is 0. The zero-order valence-electron chi connectivity index (χ0n) is 16.2. The van der Waals surface area contributed by atoms with E-state index in [0.717, 1.165) is 40.8 Å². The summed E-state index contributed by atoms with van der Waals surface area (Å²) in [5.74, 6) is -0.568. The van der Waals surface area contributed by atoms with Gasteiger partial charge >= 0.3 is 5.97 Å². The molecule has 1 amide bonds. The number of esters is 1. The van der Waals surface area contributed by atoms with Gasteiger partial charge in [-0.15, -0.1) is 0 Å². The predicted molar refractivity (Wildman–Crippen MR) is 114 cm³/mol. The van der Waals surface area contributed by atoms with Crippen molar-refractivity contribution in [1.29, 1.82) is 0 Å². The van der Waals surface area contributed by atoms with Gasteiger partial charge in [0.15, 0.2) is 6.61 Å². The molecule has 0 aliphatic carbocycles. The van der Waals surface area contributed by atoms with Crippen molar-refractivity contribution >= 4 is 17.6 Å². The number of hydrogen-bond acceptors (Lipinski definition) is 3. The summed E-state index contributed by atoms with van der Waals surface area (Å²) in [4.78, 5) is 26.5. The highest BCUT2D eigenvalue weighted by Crippen LogP contribution is 2.26. The lowest BCUT2D eigenvalue weighted by Gasteiger charge is -2.29. The van der Waals surface area contributed by atoms with Crippen LogP contribution in [-0.4, -0.2) is 25.0 Å². The van der Waals surface area contributed by atoms with Crippen LogP contribution in [0.1, 0.15) is 17.5 Å². The SMILES string of the molecule is O=C(Cc1ccc(-c2ccccc2)cc1)OCC(=O)N1CCCc2ccccc21. The first-order valence-electron chi connectivity index (χ1n) is 9.89. The lowest BCUT2D eigenvalue weighted by Crippen LogP contribution is -2.38. The Morgan fingerprint density at radius 2 is 1.52 bits per heavy atom. The molecule has 0 spiro atoms. The molecule has 4 heteroatoms. The molecule has 29 heavy (non-hydrogen) atoms. The summed E-state index contributed by atoms with van der Waals surface area (Å²) in [5.41, 5.74) is 5.19. The van der Waals surface area contributed by atoms with E-state index in [2.05, 4.69) is 0 Å². The molecule has 0 unspecified atom stereocenters. The molecule has 0 fully saturated rings. The Morgan fingerprint density at radius 3 is 2.31 bits per heavy atom. The number of ether oxygens (including phenoxy) is 1. The monoisotopic (exact) mass is 385 g/mol. The average molecular weight is 385 g/mol. The second kappa shape index (κ2) is 8.74. The molecular formula is C25H23NO3. The minimum atomic E-state index is -0.392. The number of para-hydroxylation sites is 1. The number of nitrogens with zero attached hydrogens (tertiary/aromatic N) is 1. The maximum Gasteiger partial charge on any atom is 0.310 e. The molecule has 0 aromatic heterocycles. The molecule has 3 aromatic carbocycles. The Kier molecular flexibility index (Phi) is 5.71. The number of carbonyl (C=O) groups excluding carboxylic acids is 2. The number of benzene rings is 3. The van der Waals surface area contributed by atoms with Crippen molar-refractivity contribution in [2.45, 2.75) is 19.3 Å². The molecule has 1 heterocycles. The van der Waals surface area contributed by atoms with E-state index in [9.17, 15) is 9.59 Å². The van der Waals surface area contributed by atoms with Crippen LogP contribution in [0.2, 0.25) is 0 Å². The van der Waals surface area contributed by atoms with Crippen LogP contribution in [0.3, 0.4) is 0 Å². The molecule has 4 nitrogen and oxygen atoms in total. The molecular weight excluding hydrogens is 362 g/mol. The molecule has 0 N–H and O–H groups in total. The average Bonchev–Trinajstić information content (AvgIpc) is 2.78. The van der Waals surface area contributed by atoms with Crippen molar-refractivity contribution in [1.82, 2.24) is 0 Å². The number of carbonyl (C=O) groups is 2. The summed E-state index contributed by atoms with van der Waals surface area (Å²) in [6.45, 7) is 0.434. The summed E-state index contributed by atoms with van der Waals surface area (Å²) in [6, 6.07) is 25.8. The standard InChI is InChI=1S/C25H23NO3/c27-24(26-16-6-10-22-9-4-5-11-23(22)26)18-29-25(28)17-19-12-14-21(15-13-19)20-7-2-1-3-8-20/h1-5,7-9,11-15H,6,10,16-18H2. The van der Waals surface area contributed by atoms with Crippen LogP contribution in [-0.2, 0) is 27.2 Å². The largest absolute Gasteiger partial charge is 0.455 e. The van der Waals surface area contributed by atoms with Gasteiger partial charge in [-0.05, 0) is 41.2 Å². The van der Waals surface area contributed by atoms with E-state index >= 15 is 0 Å². The number of anilines is 1. The Hall–Kier alpha value is -3.40. The first-order chi connectivity index (χ1) is 14.2. The molecule has 3 aromatic rings. The van der Waals surface area contributed by atoms with E-state index < -0.39 is 5.97 Å². The van der Waals surface area contributed by atoms with Crippen LogP contribution in [0, 0.1) is 0 Å². The minimum absolute atomic E-state index is 0.152. The highest BCUT2D eigenvalue weighted by Gasteiger charge is 2.23. The predicted octanol–water partition coefficient (Wildman–Crippen LogP) is 4.42. The molecule has 1 aliphatic heterocycles. The molecule has 0 atom stereocenters. The zero-order valence-corrected chi connectivity index (χ0v) is 16.2. The van der Waals surface area contributed by atoms with E-state index in [1.54, 1.807) is 4.90 Å². The lowest BCUT2D eigenvalue weighted by atomic mass is 10.0. The minimum Gasteiger partial charge on any atom is -0.455 e. The van der Waals surface area contributed by atoms with Crippen molar-refractivity contribution in [3.8, 4) is 11.1 Å². The third-order valence-electron chi connectivity index (χ3n) is 5.18. The van der Waals surface area contributed by atoms with E-state index in [4.69, 9.17) is 4.74 Å². The van der Waals surface area contributed by atoms with Crippen molar-refractivity contribution in [2.75, 3.05) is 18.1 Å². The van der Waals surface area contributed by atoms with Crippen molar-refractivity contribution in [3.05, 3.63) is 90.0 Å². The zero-order chi connectivity index (χ0) is 20.1. The third kappa shape index (κ3) is 4.54. The van der Waals surface area contributed by atoms with Crippen molar-refractivity contribution in [3.63, 3.8) is 0 Å². The quantitative estimate of drug-likeness (QED) is 0.611. The molecule has 0 radical (unpaired) electrons. The number of amides is 1. The van der Waals surface area contributed by atoms with Crippen LogP contribution in [0.25, 0.3) is 11.1 Å². The highest BCUT2D eigenvalue weighted by molar-refractivity contribution is 5.96. The van der Waals surface area contributed by atoms with Gasteiger partial charge in [0.2, 0.25) is 0 Å². The van der Waals surface area contributed by atoms with Gasteiger partial charge in [0, 0.05) is 12.2 Å². The molecule has 1 aliphatic rings. The van der Waals surface area contributed by atoms with E-state index in [0.29, 0.717) is 6.54 Å². The topological polar surface area (TPSA) is 46.6 Å². The Balaban J connectivity index is 1.32. The first kappa shape index (κ1) is 18.9. The number of aryl methyl sites for hydroxylation is 1. The van der Waals surface area contributed by atoms with Crippen LogP contribution in [0.5, 0.6) is 0 Å². The number of fused-ring (bicyclic) bond motifs is 1. The van der Waals surface area contributed by atoms with E-state index in [1.165, 1.54) is 0 Å². The van der Waals surface area contributed by atoms with Crippen LogP contribution >= 0.6 is 0 Å². The third-order valence-corrected chi connectivity index (χ3v) is 5.18. The molecule has 0 bridgehead atoms. The fourth-order valence-electron chi connectivity index (χ4n) is 3.68. The van der Waals surface area contributed by atoms with E-state index in [1.807, 2.05) is 78.9 Å². The first-order valence-corrected chi connectivity index (χ1v) is 9.89. The lowest BCUT2D eigenvalue weighted by molar-refractivity contribution is -0.147. The summed E-state index contributed by atoms with van der Waals surface area (Å²) < 4.78 is 5.26. The second-order valence-corrected chi connectivity index (χ2v) is 7.18. The normalized spacial score (nSPS) is 12.9. The maximum atomic E-state index is 12.6. The summed E-state index contributed by atoms with van der Waals surface area (Å²) in [5, 5.41) is 0. The van der Waals surface area contributed by atoms with Gasteiger partial charge in [0.05, 0.1) is 6.42 Å². The fourth-order valence-corrected chi connectivity index (χ4v) is 3.68. The van der Waals surface area contributed by atoms with Gasteiger partial charge < -0.3 is 9.64 Å². The Morgan fingerprint density at radius 1 is 0.828 bits per heavy atom. The van der Waals surface area contributed by atoms with Gasteiger partial charge in [-0.2, -0.15) is 0 Å². The number of hydrogen-bond donors (Lipinski definition) is 0. The van der Waals surface area contributed by atoms with Crippen molar-refractivity contribution < 1.29 is 14.3 Å². The van der Waals surface area contributed by atoms with E-state index in [-0.39, 0.29) is 18.9 Å². The maximum absolute atomic E-state index is 12.6. The molecule has 0 saturated carbocycles. The molecule has 0 saturated heterocycles. The smallest absolute Gasteiger partial charge is 0.310 e. The highest BCUT2D eigenvalue weighted by atomic mass is 16.5. The Labute approximate surface area is 170 Å². The van der Waals surface area contributed by atoms with Crippen LogP contribution in [0.15, 0.2) is 78.9 Å². The molecule has 4 rings (SSSR count). The van der Waals surface area contributed by atoms with Gasteiger partial charge in [-0.1, -0.05) is 72.8 Å². The summed E-state index contributed by atoms with van der Waals surface area (Å²) in [7, 11) is 0. The second-order valence-electron chi connectivity index (χ2n) is 7.18. The number of rotatable bonds is 5. The Bertz CT molecular complexity index is 996. The van der Waals surface area contributed by atoms with Crippen molar-refractivity contribution in [2.24, 2.45) is 0 Å². The summed E-state index contributed by atoms with van der Waals surface area (Å²) in [6.07, 6.45) is 2.04.